The number of carbonyl (C=O) groups excluding carboxylic acids is 2. The van der Waals surface area contributed by atoms with Crippen molar-refractivity contribution < 1.29 is 22.7 Å². The van der Waals surface area contributed by atoms with Gasteiger partial charge in [-0.1, -0.05) is 19.9 Å². The second-order valence-electron chi connectivity index (χ2n) is 7.90. The van der Waals surface area contributed by atoms with Gasteiger partial charge in [0.25, 0.3) is 5.91 Å². The van der Waals surface area contributed by atoms with Crippen LogP contribution in [-0.2, 0) is 19.6 Å². The molecule has 2 unspecified atom stereocenters. The van der Waals surface area contributed by atoms with Gasteiger partial charge < -0.3 is 15.0 Å². The van der Waals surface area contributed by atoms with E-state index in [0.717, 1.165) is 12.8 Å². The molecule has 1 heterocycles. The maximum Gasteiger partial charge on any atom is 0.251 e. The molecule has 0 saturated carbocycles. The van der Waals surface area contributed by atoms with E-state index >= 15 is 0 Å². The summed E-state index contributed by atoms with van der Waals surface area (Å²) in [6.45, 7) is 4.78. The Balaban J connectivity index is 2.11. The molecule has 2 N–H and O–H groups in total. The van der Waals surface area contributed by atoms with Crippen molar-refractivity contribution in [3.05, 3.63) is 29.8 Å². The van der Waals surface area contributed by atoms with E-state index in [9.17, 15) is 18.0 Å². The first-order valence-corrected chi connectivity index (χ1v) is 11.3. The Bertz CT molecular complexity index is 817. The number of ether oxygens (including phenoxy) is 1. The molecule has 0 aliphatic carbocycles. The van der Waals surface area contributed by atoms with Gasteiger partial charge in [0.1, 0.15) is 6.04 Å². The number of likely N-dealkylation sites (N-methyl/N-ethyl adjacent to an activating group) is 1. The number of hydrogen-bond acceptors (Lipinski definition) is 5. The van der Waals surface area contributed by atoms with Crippen LogP contribution < -0.4 is 10.0 Å². The molecule has 9 heteroatoms. The summed E-state index contributed by atoms with van der Waals surface area (Å²) in [6, 6.07) is 5.13. The van der Waals surface area contributed by atoms with Crippen molar-refractivity contribution in [2.24, 2.45) is 5.92 Å². The zero-order chi connectivity index (χ0) is 21.6. The summed E-state index contributed by atoms with van der Waals surface area (Å²) in [7, 11) is -0.499. The smallest absolute Gasteiger partial charge is 0.251 e. The largest absolute Gasteiger partial charge is 0.377 e. The van der Waals surface area contributed by atoms with E-state index in [1.54, 1.807) is 14.1 Å². The van der Waals surface area contributed by atoms with Crippen LogP contribution in [0.2, 0.25) is 0 Å². The van der Waals surface area contributed by atoms with Crippen LogP contribution in [0.1, 0.15) is 43.5 Å². The predicted octanol–water partition coefficient (Wildman–Crippen LogP) is 1.38. The van der Waals surface area contributed by atoms with Gasteiger partial charge in [0, 0.05) is 32.8 Å². The van der Waals surface area contributed by atoms with Gasteiger partial charge >= 0.3 is 0 Å². The number of nitrogens with one attached hydrogen (secondary N) is 2. The van der Waals surface area contributed by atoms with E-state index in [0.29, 0.717) is 13.0 Å². The Hall–Kier alpha value is -1.97. The molecule has 1 aliphatic rings. The lowest BCUT2D eigenvalue weighted by Gasteiger charge is -2.23. The molecule has 2 rings (SSSR count). The molecule has 2 amide bonds. The summed E-state index contributed by atoms with van der Waals surface area (Å²) >= 11 is 0. The maximum absolute atomic E-state index is 12.7. The molecule has 1 aromatic rings. The lowest BCUT2D eigenvalue weighted by atomic mass is 10.0. The molecule has 0 radical (unpaired) electrons. The van der Waals surface area contributed by atoms with Crippen LogP contribution in [0.25, 0.3) is 0 Å². The average molecular weight is 426 g/mol. The fourth-order valence-electron chi connectivity index (χ4n) is 3.14. The van der Waals surface area contributed by atoms with Crippen LogP contribution in [0.4, 0.5) is 0 Å². The first-order chi connectivity index (χ1) is 13.6. The Kier molecular flexibility index (Phi) is 8.18. The van der Waals surface area contributed by atoms with Gasteiger partial charge in [0.2, 0.25) is 15.9 Å². The number of hydrogen-bond donors (Lipinski definition) is 2. The van der Waals surface area contributed by atoms with Gasteiger partial charge in [0.05, 0.1) is 11.0 Å². The van der Waals surface area contributed by atoms with E-state index in [1.165, 1.54) is 29.2 Å². The molecule has 1 saturated heterocycles. The second-order valence-corrected chi connectivity index (χ2v) is 9.67. The average Bonchev–Trinajstić information content (AvgIpc) is 3.18. The molecular formula is C20H31N3O5S. The Morgan fingerprint density at radius 2 is 2.00 bits per heavy atom. The molecule has 0 aromatic heterocycles. The third kappa shape index (κ3) is 6.80. The van der Waals surface area contributed by atoms with Crippen LogP contribution in [0, 0.1) is 5.92 Å². The molecular weight excluding hydrogens is 394 g/mol. The van der Waals surface area contributed by atoms with Crippen LogP contribution >= 0.6 is 0 Å². The van der Waals surface area contributed by atoms with Gasteiger partial charge in [0.15, 0.2) is 0 Å². The van der Waals surface area contributed by atoms with Crippen molar-refractivity contribution in [1.82, 2.24) is 14.9 Å². The van der Waals surface area contributed by atoms with Crippen LogP contribution in [0.3, 0.4) is 0 Å². The Morgan fingerprint density at radius 3 is 2.59 bits per heavy atom. The monoisotopic (exact) mass is 425 g/mol. The molecule has 2 atom stereocenters. The molecule has 1 fully saturated rings. The van der Waals surface area contributed by atoms with Gasteiger partial charge in [-0.2, -0.15) is 0 Å². The van der Waals surface area contributed by atoms with Gasteiger partial charge in [-0.05, 0) is 43.4 Å². The number of amides is 2. The summed E-state index contributed by atoms with van der Waals surface area (Å²) in [5.74, 6) is -0.478. The lowest BCUT2D eigenvalue weighted by molar-refractivity contribution is -0.131. The standard InChI is InChI=1S/C20H31N3O5S/c1-14(2)11-18(20(25)23(3)4)22-19(24)15-7-5-9-17(12-15)29(26,27)21-13-16-8-6-10-28-16/h5,7,9,12,14,16,18,21H,6,8,10-11,13H2,1-4H3,(H,22,24). The van der Waals surface area contributed by atoms with E-state index in [2.05, 4.69) is 10.0 Å². The minimum absolute atomic E-state index is 0.00231. The SMILES string of the molecule is CC(C)CC(NC(=O)c1cccc(S(=O)(=O)NCC2CCCO2)c1)C(=O)N(C)C. The van der Waals surface area contributed by atoms with Crippen LogP contribution in [0.5, 0.6) is 0 Å². The van der Waals surface area contributed by atoms with Gasteiger partial charge in [-0.3, -0.25) is 9.59 Å². The summed E-state index contributed by atoms with van der Waals surface area (Å²) < 4.78 is 33.1. The van der Waals surface area contributed by atoms with Crippen molar-refractivity contribution in [3.8, 4) is 0 Å². The summed E-state index contributed by atoms with van der Waals surface area (Å²) in [5, 5.41) is 2.74. The second kappa shape index (κ2) is 10.2. The highest BCUT2D eigenvalue weighted by atomic mass is 32.2. The third-order valence-corrected chi connectivity index (χ3v) is 6.10. The van der Waals surface area contributed by atoms with Crippen molar-refractivity contribution >= 4 is 21.8 Å². The minimum Gasteiger partial charge on any atom is -0.377 e. The molecule has 29 heavy (non-hydrogen) atoms. The van der Waals surface area contributed by atoms with Gasteiger partial charge in [-0.15, -0.1) is 0 Å². The van der Waals surface area contributed by atoms with Crippen LogP contribution in [0.15, 0.2) is 29.2 Å². The third-order valence-electron chi connectivity index (χ3n) is 4.68. The Morgan fingerprint density at radius 1 is 1.28 bits per heavy atom. The van der Waals surface area contributed by atoms with E-state index in [-0.39, 0.29) is 34.9 Å². The summed E-state index contributed by atoms with van der Waals surface area (Å²) in [5.41, 5.74) is 0.185. The quantitative estimate of drug-likeness (QED) is 0.622. The maximum atomic E-state index is 12.7. The Labute approximate surface area is 173 Å². The van der Waals surface area contributed by atoms with Crippen molar-refractivity contribution in [2.75, 3.05) is 27.2 Å². The zero-order valence-electron chi connectivity index (χ0n) is 17.5. The molecule has 162 valence electrons. The highest BCUT2D eigenvalue weighted by molar-refractivity contribution is 7.89. The summed E-state index contributed by atoms with van der Waals surface area (Å²) in [4.78, 5) is 26.5. The van der Waals surface area contributed by atoms with E-state index < -0.39 is 22.0 Å². The predicted molar refractivity (Wildman–Crippen MR) is 110 cm³/mol. The fraction of sp³-hybridized carbons (Fsp3) is 0.600. The molecule has 1 aromatic carbocycles. The highest BCUT2D eigenvalue weighted by Gasteiger charge is 2.25. The lowest BCUT2D eigenvalue weighted by Crippen LogP contribution is -2.47. The van der Waals surface area contributed by atoms with E-state index in [1.807, 2.05) is 13.8 Å². The molecule has 0 bridgehead atoms. The summed E-state index contributed by atoms with van der Waals surface area (Å²) in [6.07, 6.45) is 2.11. The first-order valence-electron chi connectivity index (χ1n) is 9.83. The van der Waals surface area contributed by atoms with Crippen molar-refractivity contribution in [2.45, 2.75) is 50.2 Å². The van der Waals surface area contributed by atoms with Gasteiger partial charge in [-0.25, -0.2) is 13.1 Å². The van der Waals surface area contributed by atoms with Crippen molar-refractivity contribution in [3.63, 3.8) is 0 Å². The highest BCUT2D eigenvalue weighted by Crippen LogP contribution is 2.15. The number of rotatable bonds is 9. The van der Waals surface area contributed by atoms with Crippen LogP contribution in [-0.4, -0.2) is 64.5 Å². The number of nitrogens with zero attached hydrogens (tertiary/aromatic N) is 1. The molecule has 1 aliphatic heterocycles. The normalized spacial score (nSPS) is 17.9. The number of benzene rings is 1. The van der Waals surface area contributed by atoms with Crippen molar-refractivity contribution in [1.29, 1.82) is 0 Å². The zero-order valence-corrected chi connectivity index (χ0v) is 18.3. The topological polar surface area (TPSA) is 105 Å². The first kappa shape index (κ1) is 23.3. The number of carbonyl (C=O) groups is 2. The number of sulfonamides is 1. The molecule has 0 spiro atoms. The molecule has 8 nitrogen and oxygen atoms in total. The minimum atomic E-state index is -3.77. The fourth-order valence-corrected chi connectivity index (χ4v) is 4.25. The van der Waals surface area contributed by atoms with E-state index in [4.69, 9.17) is 4.74 Å².